The minimum absolute atomic E-state index is 0.545. The van der Waals surface area contributed by atoms with Crippen molar-refractivity contribution in [1.82, 2.24) is 14.5 Å². The molecule has 7 heteroatoms. The molecule has 1 N–H and O–H groups in total. The lowest BCUT2D eigenvalue weighted by atomic mass is 10.2. The van der Waals surface area contributed by atoms with Crippen molar-refractivity contribution in [2.24, 2.45) is 7.05 Å². The van der Waals surface area contributed by atoms with Gasteiger partial charge in [0.1, 0.15) is 17.2 Å². The smallest absolute Gasteiger partial charge is 0.203 e. The largest absolute Gasteiger partial charge is 0.493 e. The molecule has 0 atom stereocenters. The first-order chi connectivity index (χ1) is 14.1. The number of anilines is 2. The molecule has 7 nitrogen and oxygen atoms in total. The molecule has 0 unspecified atom stereocenters. The molecule has 2 aromatic carbocycles. The van der Waals surface area contributed by atoms with E-state index in [0.717, 1.165) is 28.1 Å². The van der Waals surface area contributed by atoms with Crippen LogP contribution in [0.4, 0.5) is 11.5 Å². The lowest BCUT2D eigenvalue weighted by molar-refractivity contribution is 0.324. The minimum Gasteiger partial charge on any atom is -0.493 e. The average Bonchev–Trinajstić information content (AvgIpc) is 3.09. The number of rotatable bonds is 6. The Kier molecular flexibility index (Phi) is 4.95. The maximum atomic E-state index is 5.42. The van der Waals surface area contributed by atoms with Gasteiger partial charge in [0.15, 0.2) is 11.5 Å². The summed E-state index contributed by atoms with van der Waals surface area (Å²) in [5.74, 6) is 3.27. The van der Waals surface area contributed by atoms with Crippen molar-refractivity contribution >= 4 is 22.5 Å². The van der Waals surface area contributed by atoms with Crippen molar-refractivity contribution in [2.45, 2.75) is 0 Å². The number of hydrogen-bond acceptors (Lipinski definition) is 6. The number of pyridine rings is 1. The van der Waals surface area contributed by atoms with Crippen molar-refractivity contribution < 1.29 is 14.2 Å². The van der Waals surface area contributed by atoms with E-state index in [-0.39, 0.29) is 0 Å². The third-order valence-electron chi connectivity index (χ3n) is 4.74. The highest BCUT2D eigenvalue weighted by molar-refractivity contribution is 5.83. The zero-order chi connectivity index (χ0) is 20.4. The normalized spacial score (nSPS) is 10.8. The van der Waals surface area contributed by atoms with Crippen LogP contribution in [-0.2, 0) is 7.05 Å². The maximum Gasteiger partial charge on any atom is 0.203 e. The van der Waals surface area contributed by atoms with Crippen LogP contribution in [0.3, 0.4) is 0 Å². The zero-order valence-corrected chi connectivity index (χ0v) is 16.8. The summed E-state index contributed by atoms with van der Waals surface area (Å²) >= 11 is 0. The van der Waals surface area contributed by atoms with E-state index in [1.165, 1.54) is 0 Å². The molecule has 0 radical (unpaired) electrons. The summed E-state index contributed by atoms with van der Waals surface area (Å²) in [6.45, 7) is 0. The second kappa shape index (κ2) is 7.71. The third kappa shape index (κ3) is 3.42. The van der Waals surface area contributed by atoms with Gasteiger partial charge in [-0.1, -0.05) is 30.3 Å². The molecule has 148 valence electrons. The van der Waals surface area contributed by atoms with E-state index < -0.39 is 0 Å². The van der Waals surface area contributed by atoms with Gasteiger partial charge in [-0.2, -0.15) is 0 Å². The summed E-state index contributed by atoms with van der Waals surface area (Å²) in [6.07, 6.45) is 1.77. The fourth-order valence-electron chi connectivity index (χ4n) is 3.31. The lowest BCUT2D eigenvalue weighted by Gasteiger charge is -2.15. The molecule has 0 saturated heterocycles. The Hall–Kier alpha value is -3.74. The van der Waals surface area contributed by atoms with Crippen LogP contribution >= 0.6 is 0 Å². The summed E-state index contributed by atoms with van der Waals surface area (Å²) < 4.78 is 18.3. The van der Waals surface area contributed by atoms with Crippen LogP contribution < -0.4 is 19.5 Å². The molecule has 2 aromatic heterocycles. The molecule has 0 amide bonds. The number of nitrogens with one attached hydrogen (secondary N) is 1. The monoisotopic (exact) mass is 390 g/mol. The number of nitrogens with zero attached hydrogens (tertiary/aromatic N) is 3. The van der Waals surface area contributed by atoms with Gasteiger partial charge in [-0.25, -0.2) is 9.97 Å². The topological polar surface area (TPSA) is 70.4 Å². The Balaban J connectivity index is 1.72. The number of benzene rings is 2. The second-order valence-corrected chi connectivity index (χ2v) is 6.46. The van der Waals surface area contributed by atoms with Gasteiger partial charge in [-0.05, 0) is 0 Å². The highest BCUT2D eigenvalue weighted by Gasteiger charge is 2.15. The molecule has 4 aromatic rings. The summed E-state index contributed by atoms with van der Waals surface area (Å²) in [7, 11) is 6.76. The van der Waals surface area contributed by atoms with Crippen LogP contribution in [0.2, 0.25) is 0 Å². The fourth-order valence-corrected chi connectivity index (χ4v) is 3.31. The summed E-state index contributed by atoms with van der Waals surface area (Å²) in [5.41, 5.74) is 3.65. The van der Waals surface area contributed by atoms with E-state index in [1.54, 1.807) is 27.5 Å². The average molecular weight is 390 g/mol. The standard InChI is InChI=1S/C22H22N4O3/c1-26-17-12-20(23-13-16(17)25-22(26)14-8-6-5-7-9-14)24-15-10-18(27-2)21(29-4)19(11-15)28-3/h5-13H,1-4H3,(H,23,24). The minimum atomic E-state index is 0.545. The van der Waals surface area contributed by atoms with E-state index in [9.17, 15) is 0 Å². The first kappa shape index (κ1) is 18.6. The van der Waals surface area contributed by atoms with Gasteiger partial charge in [-0.15, -0.1) is 0 Å². The van der Waals surface area contributed by atoms with Crippen LogP contribution in [0.15, 0.2) is 54.7 Å². The van der Waals surface area contributed by atoms with E-state index in [0.29, 0.717) is 23.1 Å². The Labute approximate surface area is 168 Å². The number of hydrogen-bond donors (Lipinski definition) is 1. The molecular formula is C22H22N4O3. The molecule has 0 spiro atoms. The van der Waals surface area contributed by atoms with Crippen molar-refractivity contribution in [3.05, 3.63) is 54.7 Å². The molecular weight excluding hydrogens is 368 g/mol. The third-order valence-corrected chi connectivity index (χ3v) is 4.74. The number of aryl methyl sites for hydroxylation is 1. The summed E-state index contributed by atoms with van der Waals surface area (Å²) in [5, 5.41) is 3.31. The van der Waals surface area contributed by atoms with Gasteiger partial charge in [0.2, 0.25) is 5.75 Å². The molecule has 0 aliphatic heterocycles. The highest BCUT2D eigenvalue weighted by Crippen LogP contribution is 2.40. The quantitative estimate of drug-likeness (QED) is 0.526. The van der Waals surface area contributed by atoms with Crippen LogP contribution in [0, 0.1) is 0 Å². The van der Waals surface area contributed by atoms with Crippen molar-refractivity contribution in [1.29, 1.82) is 0 Å². The van der Waals surface area contributed by atoms with Gasteiger partial charge < -0.3 is 24.1 Å². The number of methoxy groups -OCH3 is 3. The van der Waals surface area contributed by atoms with Crippen molar-refractivity contribution in [2.75, 3.05) is 26.6 Å². The first-order valence-electron chi connectivity index (χ1n) is 9.09. The first-order valence-corrected chi connectivity index (χ1v) is 9.09. The molecule has 0 bridgehead atoms. The second-order valence-electron chi connectivity index (χ2n) is 6.46. The summed E-state index contributed by atoms with van der Waals surface area (Å²) in [6, 6.07) is 15.7. The molecule has 2 heterocycles. The zero-order valence-electron chi connectivity index (χ0n) is 16.8. The van der Waals surface area contributed by atoms with Gasteiger partial charge in [-0.3, -0.25) is 0 Å². The number of ether oxygens (including phenoxy) is 3. The van der Waals surface area contributed by atoms with Gasteiger partial charge in [0, 0.05) is 36.5 Å². The Morgan fingerprint density at radius 3 is 2.21 bits per heavy atom. The Bertz CT molecular complexity index is 1130. The van der Waals surface area contributed by atoms with Gasteiger partial charge >= 0.3 is 0 Å². The van der Waals surface area contributed by atoms with Crippen LogP contribution in [-0.4, -0.2) is 35.9 Å². The van der Waals surface area contributed by atoms with Gasteiger partial charge in [0.05, 0.1) is 33.0 Å². The number of aromatic nitrogens is 3. The Morgan fingerprint density at radius 2 is 1.59 bits per heavy atom. The van der Waals surface area contributed by atoms with E-state index >= 15 is 0 Å². The number of fused-ring (bicyclic) bond motifs is 1. The van der Waals surface area contributed by atoms with E-state index in [1.807, 2.05) is 55.6 Å². The predicted molar refractivity (Wildman–Crippen MR) is 113 cm³/mol. The highest BCUT2D eigenvalue weighted by atomic mass is 16.5. The van der Waals surface area contributed by atoms with Crippen LogP contribution in [0.1, 0.15) is 0 Å². The molecule has 0 aliphatic rings. The predicted octanol–water partition coefficient (Wildman–Crippen LogP) is 4.40. The van der Waals surface area contributed by atoms with E-state index in [2.05, 4.69) is 14.9 Å². The van der Waals surface area contributed by atoms with Crippen molar-refractivity contribution in [3.8, 4) is 28.6 Å². The fraction of sp³-hybridized carbons (Fsp3) is 0.182. The molecule has 0 fully saturated rings. The van der Waals surface area contributed by atoms with Crippen molar-refractivity contribution in [3.63, 3.8) is 0 Å². The number of imidazole rings is 1. The molecule has 0 saturated carbocycles. The Morgan fingerprint density at radius 1 is 0.897 bits per heavy atom. The van der Waals surface area contributed by atoms with E-state index in [4.69, 9.17) is 19.2 Å². The SMILES string of the molecule is COc1cc(Nc2cc3c(cn2)nc(-c2ccccc2)n3C)cc(OC)c1OC. The molecule has 29 heavy (non-hydrogen) atoms. The molecule has 0 aliphatic carbocycles. The van der Waals surface area contributed by atoms with Crippen LogP contribution in [0.5, 0.6) is 17.2 Å². The van der Waals surface area contributed by atoms with Crippen LogP contribution in [0.25, 0.3) is 22.4 Å². The maximum absolute atomic E-state index is 5.42. The molecule has 4 rings (SSSR count). The van der Waals surface area contributed by atoms with Gasteiger partial charge in [0.25, 0.3) is 0 Å². The lowest BCUT2D eigenvalue weighted by Crippen LogP contribution is -1.99. The summed E-state index contributed by atoms with van der Waals surface area (Å²) in [4.78, 5) is 9.23.